The second kappa shape index (κ2) is 5.38. The molecule has 0 saturated heterocycles. The molecule has 0 fully saturated rings. The highest BCUT2D eigenvalue weighted by molar-refractivity contribution is 5.57. The van der Waals surface area contributed by atoms with Crippen LogP contribution in [0, 0.1) is 0 Å². The summed E-state index contributed by atoms with van der Waals surface area (Å²) in [6.07, 6.45) is 2.22. The molecule has 0 unspecified atom stereocenters. The van der Waals surface area contributed by atoms with Crippen LogP contribution in [0.3, 0.4) is 0 Å². The van der Waals surface area contributed by atoms with Gasteiger partial charge >= 0.3 is 0 Å². The second-order valence-corrected chi connectivity index (χ2v) is 4.32. The van der Waals surface area contributed by atoms with Crippen molar-refractivity contribution in [2.24, 2.45) is 0 Å². The number of methoxy groups -OCH3 is 1. The maximum absolute atomic E-state index is 5.45. The topological polar surface area (TPSA) is 82.1 Å². The zero-order valence-electron chi connectivity index (χ0n) is 11.4. The van der Waals surface area contributed by atoms with Crippen molar-refractivity contribution in [1.29, 1.82) is 0 Å². The van der Waals surface area contributed by atoms with Crippen LogP contribution in [-0.4, -0.2) is 40.7 Å². The molecule has 0 saturated carbocycles. The number of nitrogens with one attached hydrogen (secondary N) is 1. The van der Waals surface area contributed by atoms with Crippen LogP contribution < -0.4 is 10.1 Å². The summed E-state index contributed by atoms with van der Waals surface area (Å²) >= 11 is 0. The predicted molar refractivity (Wildman–Crippen MR) is 72.5 cm³/mol. The molecule has 2 aromatic rings. The quantitative estimate of drug-likeness (QED) is 0.895. The Kier molecular flexibility index (Phi) is 3.42. The standard InChI is InChI=1S/C13H15N5O2/c1-14-12-8-6-20-4-3-9(8)17-13(18-12)10-5-11(19-2)16-7-15-10/h5,7H,3-4,6H2,1-2H3,(H,14,17,18). The molecule has 1 N–H and O–H groups in total. The SMILES string of the molecule is CNc1nc(-c2cc(OC)ncn2)nc2c1COCC2. The van der Waals surface area contributed by atoms with Gasteiger partial charge in [0.1, 0.15) is 17.8 Å². The Morgan fingerprint density at radius 3 is 3.00 bits per heavy atom. The summed E-state index contributed by atoms with van der Waals surface area (Å²) in [5, 5.41) is 3.09. The van der Waals surface area contributed by atoms with Crippen LogP contribution in [0.2, 0.25) is 0 Å². The van der Waals surface area contributed by atoms with Crippen LogP contribution in [-0.2, 0) is 17.8 Å². The van der Waals surface area contributed by atoms with Crippen molar-refractivity contribution in [3.8, 4) is 17.4 Å². The van der Waals surface area contributed by atoms with E-state index in [1.54, 1.807) is 13.2 Å². The van der Waals surface area contributed by atoms with Crippen LogP contribution >= 0.6 is 0 Å². The number of ether oxygens (including phenoxy) is 2. The van der Waals surface area contributed by atoms with Crippen molar-refractivity contribution < 1.29 is 9.47 Å². The van der Waals surface area contributed by atoms with Gasteiger partial charge in [-0.3, -0.25) is 0 Å². The smallest absolute Gasteiger partial charge is 0.216 e. The number of hydrogen-bond donors (Lipinski definition) is 1. The van der Waals surface area contributed by atoms with Crippen molar-refractivity contribution in [1.82, 2.24) is 19.9 Å². The molecular formula is C13H15N5O2. The first kappa shape index (κ1) is 12.7. The highest BCUT2D eigenvalue weighted by Gasteiger charge is 2.19. The van der Waals surface area contributed by atoms with Crippen molar-refractivity contribution >= 4 is 5.82 Å². The Bertz CT molecular complexity index is 615. The van der Waals surface area contributed by atoms with Gasteiger partial charge in [-0.25, -0.2) is 19.9 Å². The minimum Gasteiger partial charge on any atom is -0.481 e. The molecule has 0 bridgehead atoms. The monoisotopic (exact) mass is 273 g/mol. The molecule has 3 rings (SSSR count). The molecule has 1 aliphatic rings. The van der Waals surface area contributed by atoms with Gasteiger partial charge in [0.25, 0.3) is 0 Å². The van der Waals surface area contributed by atoms with E-state index in [9.17, 15) is 0 Å². The van der Waals surface area contributed by atoms with Crippen LogP contribution in [0.15, 0.2) is 12.4 Å². The van der Waals surface area contributed by atoms with Crippen molar-refractivity contribution in [2.75, 3.05) is 26.1 Å². The number of anilines is 1. The van der Waals surface area contributed by atoms with Gasteiger partial charge in [0.15, 0.2) is 5.82 Å². The van der Waals surface area contributed by atoms with Gasteiger partial charge in [-0.2, -0.15) is 0 Å². The van der Waals surface area contributed by atoms with E-state index in [-0.39, 0.29) is 0 Å². The molecule has 3 heterocycles. The third-order valence-electron chi connectivity index (χ3n) is 3.14. The number of hydrogen-bond acceptors (Lipinski definition) is 7. The molecule has 20 heavy (non-hydrogen) atoms. The number of fused-ring (bicyclic) bond motifs is 1. The van der Waals surface area contributed by atoms with Gasteiger partial charge in [0, 0.05) is 25.1 Å². The summed E-state index contributed by atoms with van der Waals surface area (Å²) in [5.41, 5.74) is 2.66. The normalized spacial score (nSPS) is 13.7. The van der Waals surface area contributed by atoms with Crippen molar-refractivity contribution in [2.45, 2.75) is 13.0 Å². The molecule has 7 heteroatoms. The lowest BCUT2D eigenvalue weighted by Crippen LogP contribution is -2.16. The number of rotatable bonds is 3. The Morgan fingerprint density at radius 2 is 2.20 bits per heavy atom. The second-order valence-electron chi connectivity index (χ2n) is 4.32. The molecule has 0 spiro atoms. The van der Waals surface area contributed by atoms with Gasteiger partial charge < -0.3 is 14.8 Å². The van der Waals surface area contributed by atoms with E-state index in [1.165, 1.54) is 6.33 Å². The van der Waals surface area contributed by atoms with Gasteiger partial charge in [-0.1, -0.05) is 0 Å². The summed E-state index contributed by atoms with van der Waals surface area (Å²) in [5.74, 6) is 1.84. The minimum absolute atomic E-state index is 0.491. The van der Waals surface area contributed by atoms with E-state index in [4.69, 9.17) is 9.47 Å². The lowest BCUT2D eigenvalue weighted by molar-refractivity contribution is 0.109. The summed E-state index contributed by atoms with van der Waals surface area (Å²) < 4.78 is 10.6. The predicted octanol–water partition coefficient (Wildman–Crippen LogP) is 1.06. The highest BCUT2D eigenvalue weighted by Crippen LogP contribution is 2.25. The first-order valence-corrected chi connectivity index (χ1v) is 6.33. The summed E-state index contributed by atoms with van der Waals surface area (Å²) in [4.78, 5) is 17.3. The van der Waals surface area contributed by atoms with E-state index in [2.05, 4.69) is 25.3 Å². The van der Waals surface area contributed by atoms with Gasteiger partial charge in [-0.15, -0.1) is 0 Å². The molecule has 0 radical (unpaired) electrons. The number of nitrogens with zero attached hydrogens (tertiary/aromatic N) is 4. The first-order chi connectivity index (χ1) is 9.81. The molecular weight excluding hydrogens is 258 g/mol. The van der Waals surface area contributed by atoms with Crippen LogP contribution in [0.4, 0.5) is 5.82 Å². The Labute approximate surface area is 116 Å². The van der Waals surface area contributed by atoms with Crippen LogP contribution in [0.1, 0.15) is 11.3 Å². The molecule has 2 aromatic heterocycles. The third kappa shape index (κ3) is 2.27. The van der Waals surface area contributed by atoms with Gasteiger partial charge in [0.2, 0.25) is 5.88 Å². The summed E-state index contributed by atoms with van der Waals surface area (Å²) in [7, 11) is 3.40. The number of aromatic nitrogens is 4. The molecule has 0 amide bonds. The van der Waals surface area contributed by atoms with Crippen molar-refractivity contribution in [3.05, 3.63) is 23.7 Å². The molecule has 104 valence electrons. The van der Waals surface area contributed by atoms with E-state index < -0.39 is 0 Å². The fraction of sp³-hybridized carbons (Fsp3) is 0.385. The van der Waals surface area contributed by atoms with E-state index in [0.29, 0.717) is 30.6 Å². The van der Waals surface area contributed by atoms with E-state index in [1.807, 2.05) is 7.05 Å². The van der Waals surface area contributed by atoms with Crippen LogP contribution in [0.25, 0.3) is 11.5 Å². The van der Waals surface area contributed by atoms with Gasteiger partial charge in [0.05, 0.1) is 26.0 Å². The molecule has 0 atom stereocenters. The van der Waals surface area contributed by atoms with Gasteiger partial charge in [-0.05, 0) is 0 Å². The zero-order valence-corrected chi connectivity index (χ0v) is 11.4. The minimum atomic E-state index is 0.491. The summed E-state index contributed by atoms with van der Waals surface area (Å²) in [6.45, 7) is 1.22. The average Bonchev–Trinajstić information content (AvgIpc) is 2.53. The maximum atomic E-state index is 5.45. The molecule has 0 aromatic carbocycles. The lowest BCUT2D eigenvalue weighted by Gasteiger charge is -2.19. The Hall–Kier alpha value is -2.28. The first-order valence-electron chi connectivity index (χ1n) is 6.33. The van der Waals surface area contributed by atoms with Crippen LogP contribution in [0.5, 0.6) is 5.88 Å². The lowest BCUT2D eigenvalue weighted by atomic mass is 10.1. The average molecular weight is 273 g/mol. The zero-order chi connectivity index (χ0) is 13.9. The Morgan fingerprint density at radius 1 is 1.30 bits per heavy atom. The summed E-state index contributed by atoms with van der Waals surface area (Å²) in [6, 6.07) is 1.72. The molecule has 7 nitrogen and oxygen atoms in total. The van der Waals surface area contributed by atoms with Crippen molar-refractivity contribution in [3.63, 3.8) is 0 Å². The highest BCUT2D eigenvalue weighted by atomic mass is 16.5. The fourth-order valence-electron chi connectivity index (χ4n) is 2.13. The Balaban J connectivity index is 2.09. The molecule has 1 aliphatic heterocycles. The van der Waals surface area contributed by atoms with E-state index >= 15 is 0 Å². The maximum Gasteiger partial charge on any atom is 0.216 e. The third-order valence-corrected chi connectivity index (χ3v) is 3.14. The fourth-order valence-corrected chi connectivity index (χ4v) is 2.13. The largest absolute Gasteiger partial charge is 0.481 e. The van der Waals surface area contributed by atoms with E-state index in [0.717, 1.165) is 23.5 Å². The molecule has 0 aliphatic carbocycles.